The topological polar surface area (TPSA) is 92.7 Å². The van der Waals surface area contributed by atoms with Crippen LogP contribution in [0.25, 0.3) is 11.1 Å². The van der Waals surface area contributed by atoms with Crippen LogP contribution in [0.15, 0.2) is 72.8 Å². The maximum Gasteiger partial charge on any atom is 0.310 e. The summed E-state index contributed by atoms with van der Waals surface area (Å²) in [6, 6.07) is 21.8. The van der Waals surface area contributed by atoms with E-state index in [1.807, 2.05) is 48.5 Å². The number of carboxylic acids is 1. The maximum atomic E-state index is 12.8. The first-order valence-corrected chi connectivity index (χ1v) is 11.8. The van der Waals surface area contributed by atoms with Gasteiger partial charge >= 0.3 is 5.97 Å². The first kappa shape index (κ1) is 24.6. The van der Waals surface area contributed by atoms with Gasteiger partial charge < -0.3 is 15.2 Å². The van der Waals surface area contributed by atoms with Crippen LogP contribution in [0.3, 0.4) is 0 Å². The van der Waals surface area contributed by atoms with Crippen molar-refractivity contribution < 1.29 is 24.2 Å². The van der Waals surface area contributed by atoms with E-state index in [0.717, 1.165) is 16.7 Å². The van der Waals surface area contributed by atoms with Gasteiger partial charge in [0.25, 0.3) is 0 Å². The fourth-order valence-electron chi connectivity index (χ4n) is 4.23. The molecule has 1 heterocycles. The van der Waals surface area contributed by atoms with Crippen LogP contribution >= 0.6 is 11.6 Å². The van der Waals surface area contributed by atoms with E-state index in [1.54, 1.807) is 24.3 Å². The van der Waals surface area contributed by atoms with Crippen molar-refractivity contribution in [2.45, 2.75) is 25.7 Å². The number of ether oxygens (including phenoxy) is 1. The third-order valence-electron chi connectivity index (χ3n) is 6.39. The summed E-state index contributed by atoms with van der Waals surface area (Å²) >= 11 is 5.88. The number of carboxylic acid groups (broad SMARTS) is 1. The van der Waals surface area contributed by atoms with Crippen LogP contribution in [0.2, 0.25) is 5.02 Å². The predicted octanol–water partition coefficient (Wildman–Crippen LogP) is 5.64. The number of aliphatic carboxylic acids is 1. The summed E-state index contributed by atoms with van der Waals surface area (Å²) in [6.45, 7) is 0.714. The van der Waals surface area contributed by atoms with Crippen molar-refractivity contribution in [2.75, 3.05) is 18.5 Å². The van der Waals surface area contributed by atoms with Gasteiger partial charge in [-0.2, -0.15) is 0 Å². The molecule has 0 radical (unpaired) electrons. The van der Waals surface area contributed by atoms with Crippen LogP contribution in [-0.4, -0.2) is 36.0 Å². The van der Waals surface area contributed by atoms with Crippen LogP contribution < -0.4 is 5.32 Å². The number of hydrogen-bond acceptors (Lipinski definition) is 4. The first-order chi connectivity index (χ1) is 16.8. The highest BCUT2D eigenvalue weighted by Gasteiger charge is 2.42. The Kier molecular flexibility index (Phi) is 7.63. The van der Waals surface area contributed by atoms with E-state index in [0.29, 0.717) is 42.3 Å². The van der Waals surface area contributed by atoms with Crippen molar-refractivity contribution in [1.29, 1.82) is 0 Å². The number of Topliss-reactive ketones (excluding diaryl/α,β-unsaturated/α-hetero) is 1. The van der Waals surface area contributed by atoms with Crippen LogP contribution in [0, 0.1) is 5.41 Å². The number of carbonyl (C=O) groups is 3. The Labute approximate surface area is 208 Å². The molecule has 4 rings (SSSR count). The number of ketones is 1. The average Bonchev–Trinajstić information content (AvgIpc) is 2.86. The lowest BCUT2D eigenvalue weighted by atomic mass is 9.75. The molecule has 1 aliphatic heterocycles. The van der Waals surface area contributed by atoms with Crippen molar-refractivity contribution in [1.82, 2.24) is 0 Å². The molecule has 0 aliphatic carbocycles. The summed E-state index contributed by atoms with van der Waals surface area (Å²) in [7, 11) is 0. The number of hydrogen-bond donors (Lipinski definition) is 2. The lowest BCUT2D eigenvalue weighted by Gasteiger charge is -2.32. The molecule has 0 spiro atoms. The molecule has 0 bridgehead atoms. The maximum absolute atomic E-state index is 12.8. The Bertz CT molecular complexity index is 1200. The van der Waals surface area contributed by atoms with Gasteiger partial charge in [-0.25, -0.2) is 0 Å². The molecule has 180 valence electrons. The zero-order chi connectivity index (χ0) is 24.8. The van der Waals surface area contributed by atoms with Gasteiger partial charge in [0.05, 0.1) is 11.8 Å². The average molecular weight is 492 g/mol. The smallest absolute Gasteiger partial charge is 0.310 e. The summed E-state index contributed by atoms with van der Waals surface area (Å²) in [5.74, 6) is -1.24. The van der Waals surface area contributed by atoms with E-state index in [1.165, 1.54) is 0 Å². The Morgan fingerprint density at radius 2 is 1.43 bits per heavy atom. The second-order valence-electron chi connectivity index (χ2n) is 8.80. The number of halogens is 1. The summed E-state index contributed by atoms with van der Waals surface area (Å²) in [5.41, 5.74) is 2.86. The van der Waals surface area contributed by atoms with Gasteiger partial charge in [-0.3, -0.25) is 14.4 Å². The molecule has 1 aliphatic rings. The Balaban J connectivity index is 1.37. The molecular formula is C28H26ClNO5. The fourth-order valence-corrected chi connectivity index (χ4v) is 4.35. The third-order valence-corrected chi connectivity index (χ3v) is 6.64. The minimum atomic E-state index is -1.05. The van der Waals surface area contributed by atoms with E-state index in [4.69, 9.17) is 16.3 Å². The molecule has 3 aromatic rings. The van der Waals surface area contributed by atoms with Gasteiger partial charge in [0.15, 0.2) is 5.78 Å². The number of amides is 1. The van der Waals surface area contributed by atoms with Crippen molar-refractivity contribution in [3.8, 4) is 11.1 Å². The number of carbonyl (C=O) groups excluding carboxylic acids is 2. The molecule has 0 atom stereocenters. The largest absolute Gasteiger partial charge is 0.481 e. The first-order valence-electron chi connectivity index (χ1n) is 11.4. The zero-order valence-electron chi connectivity index (χ0n) is 19.1. The predicted molar refractivity (Wildman–Crippen MR) is 135 cm³/mol. The van der Waals surface area contributed by atoms with Crippen LogP contribution in [0.1, 0.15) is 35.2 Å². The Morgan fingerprint density at radius 3 is 2.00 bits per heavy atom. The van der Waals surface area contributed by atoms with Gasteiger partial charge in [-0.05, 0) is 53.8 Å². The van der Waals surface area contributed by atoms with Gasteiger partial charge in [0.1, 0.15) is 0 Å². The Hall–Kier alpha value is -3.48. The quantitative estimate of drug-likeness (QED) is 0.398. The molecule has 0 saturated carbocycles. The SMILES string of the molecule is O=C(Cc1ccc(Cl)cc1)Nc1ccc(-c2ccc(C(=O)CC3(C(=O)O)CCOCC3)cc2)cc1. The summed E-state index contributed by atoms with van der Waals surface area (Å²) in [5, 5.41) is 13.2. The second-order valence-corrected chi connectivity index (χ2v) is 9.24. The highest BCUT2D eigenvalue weighted by atomic mass is 35.5. The van der Waals surface area contributed by atoms with Crippen molar-refractivity contribution in [2.24, 2.45) is 5.41 Å². The van der Waals surface area contributed by atoms with E-state index in [9.17, 15) is 19.5 Å². The lowest BCUT2D eigenvalue weighted by molar-refractivity contribution is -0.154. The summed E-state index contributed by atoms with van der Waals surface area (Å²) in [4.78, 5) is 37.0. The monoisotopic (exact) mass is 491 g/mol. The molecule has 6 nitrogen and oxygen atoms in total. The number of nitrogens with one attached hydrogen (secondary N) is 1. The normalized spacial score (nSPS) is 14.8. The van der Waals surface area contributed by atoms with Gasteiger partial charge in [0, 0.05) is 35.9 Å². The minimum absolute atomic E-state index is 0.0323. The van der Waals surface area contributed by atoms with Crippen molar-refractivity contribution in [3.63, 3.8) is 0 Å². The van der Waals surface area contributed by atoms with Crippen molar-refractivity contribution >= 4 is 34.9 Å². The number of anilines is 1. The summed E-state index contributed by atoms with van der Waals surface area (Å²) < 4.78 is 5.28. The van der Waals surface area contributed by atoms with E-state index in [-0.39, 0.29) is 24.5 Å². The lowest BCUT2D eigenvalue weighted by Crippen LogP contribution is -2.39. The number of rotatable bonds is 8. The Morgan fingerprint density at radius 1 is 0.857 bits per heavy atom. The van der Waals surface area contributed by atoms with Gasteiger partial charge in [0.2, 0.25) is 5.91 Å². The molecule has 3 aromatic carbocycles. The van der Waals surface area contributed by atoms with Gasteiger partial charge in [-0.1, -0.05) is 60.1 Å². The molecule has 0 aromatic heterocycles. The second kappa shape index (κ2) is 10.8. The molecule has 35 heavy (non-hydrogen) atoms. The van der Waals surface area contributed by atoms with Crippen molar-refractivity contribution in [3.05, 3.63) is 88.9 Å². The highest BCUT2D eigenvalue weighted by molar-refractivity contribution is 6.30. The molecular weight excluding hydrogens is 466 g/mol. The molecule has 7 heteroatoms. The standard InChI is InChI=1S/C28H26ClNO5/c29-23-9-1-19(2-10-23)17-26(32)30-24-11-7-21(8-12-24)20-3-5-22(6-4-20)25(31)18-28(27(33)34)13-15-35-16-14-28/h1-12H,13-18H2,(H,30,32)(H,33,34). The van der Waals surface area contributed by atoms with Crippen LogP contribution in [0.4, 0.5) is 5.69 Å². The van der Waals surface area contributed by atoms with Gasteiger partial charge in [-0.15, -0.1) is 0 Å². The fraction of sp³-hybridized carbons (Fsp3) is 0.250. The molecule has 1 saturated heterocycles. The van der Waals surface area contributed by atoms with E-state index < -0.39 is 11.4 Å². The number of benzene rings is 3. The molecule has 2 N–H and O–H groups in total. The van der Waals surface area contributed by atoms with Crippen LogP contribution in [0.5, 0.6) is 0 Å². The van der Waals surface area contributed by atoms with Crippen LogP contribution in [-0.2, 0) is 20.7 Å². The molecule has 0 unspecified atom stereocenters. The van der Waals surface area contributed by atoms with E-state index in [2.05, 4.69) is 5.32 Å². The third kappa shape index (κ3) is 6.15. The highest BCUT2D eigenvalue weighted by Crippen LogP contribution is 2.36. The summed E-state index contributed by atoms with van der Waals surface area (Å²) in [6.07, 6.45) is 0.906. The molecule has 1 fully saturated rings. The zero-order valence-corrected chi connectivity index (χ0v) is 19.9. The minimum Gasteiger partial charge on any atom is -0.481 e. The molecule has 1 amide bonds. The van der Waals surface area contributed by atoms with E-state index >= 15 is 0 Å².